The van der Waals surface area contributed by atoms with Crippen molar-refractivity contribution in [3.63, 3.8) is 0 Å². The summed E-state index contributed by atoms with van der Waals surface area (Å²) in [5.74, 6) is -1.04. The minimum Gasteiger partial charge on any atom is -0.480 e. The van der Waals surface area contributed by atoms with Crippen LogP contribution in [0.25, 0.3) is 10.9 Å². The summed E-state index contributed by atoms with van der Waals surface area (Å²) in [5.41, 5.74) is 5.12. The fourth-order valence-electron chi connectivity index (χ4n) is 3.47. The SMILES string of the molecule is CONC(Cc1c(C)n(Cc2ccc(C(F)(F)F)cc2)c2ccccc12)C(=O)O. The van der Waals surface area contributed by atoms with Crippen molar-refractivity contribution in [1.82, 2.24) is 10.0 Å². The van der Waals surface area contributed by atoms with E-state index in [0.717, 1.165) is 39.9 Å². The van der Waals surface area contributed by atoms with Gasteiger partial charge in [-0.1, -0.05) is 30.3 Å². The molecule has 0 aliphatic carbocycles. The summed E-state index contributed by atoms with van der Waals surface area (Å²) in [6.45, 7) is 2.26. The third-order valence-electron chi connectivity index (χ3n) is 4.95. The number of nitrogens with zero attached hydrogens (tertiary/aromatic N) is 1. The first-order valence-electron chi connectivity index (χ1n) is 8.96. The number of hydrogen-bond acceptors (Lipinski definition) is 3. The third kappa shape index (κ3) is 4.44. The van der Waals surface area contributed by atoms with Gasteiger partial charge in [0.1, 0.15) is 6.04 Å². The number of hydrogen-bond donors (Lipinski definition) is 2. The molecule has 0 aliphatic rings. The van der Waals surface area contributed by atoms with Crippen LogP contribution in [0.15, 0.2) is 48.5 Å². The maximum atomic E-state index is 12.8. The van der Waals surface area contributed by atoms with E-state index in [9.17, 15) is 23.1 Å². The Kier molecular flexibility index (Phi) is 5.95. The summed E-state index contributed by atoms with van der Waals surface area (Å²) in [6, 6.07) is 11.7. The number of aliphatic carboxylic acids is 1. The van der Waals surface area contributed by atoms with Crippen LogP contribution >= 0.6 is 0 Å². The predicted octanol–water partition coefficient (Wildman–Crippen LogP) is 4.16. The summed E-state index contributed by atoms with van der Waals surface area (Å²) < 4.78 is 40.4. The third-order valence-corrected chi connectivity index (χ3v) is 4.95. The fourth-order valence-corrected chi connectivity index (χ4v) is 3.47. The standard InChI is InChI=1S/C21H21F3N2O3/c1-13-17(11-18(20(27)28)25-29-2)16-5-3-4-6-19(16)26(13)12-14-7-9-15(10-8-14)21(22,23)24/h3-10,18,25H,11-12H2,1-2H3,(H,27,28). The van der Waals surface area contributed by atoms with Crippen LogP contribution in [-0.4, -0.2) is 28.8 Å². The number of hydroxylamine groups is 1. The molecule has 8 heteroatoms. The summed E-state index contributed by atoms with van der Waals surface area (Å²) in [7, 11) is 1.36. The number of fused-ring (bicyclic) bond motifs is 1. The number of alkyl halides is 3. The van der Waals surface area contributed by atoms with Crippen molar-refractivity contribution in [3.8, 4) is 0 Å². The van der Waals surface area contributed by atoms with E-state index in [2.05, 4.69) is 5.48 Å². The van der Waals surface area contributed by atoms with E-state index < -0.39 is 23.8 Å². The lowest BCUT2D eigenvalue weighted by atomic mass is 10.0. The van der Waals surface area contributed by atoms with Crippen molar-refractivity contribution in [1.29, 1.82) is 0 Å². The summed E-state index contributed by atoms with van der Waals surface area (Å²) in [4.78, 5) is 16.3. The molecule has 1 atom stereocenters. The highest BCUT2D eigenvalue weighted by Crippen LogP contribution is 2.31. The zero-order valence-corrected chi connectivity index (χ0v) is 16.0. The zero-order valence-electron chi connectivity index (χ0n) is 16.0. The van der Waals surface area contributed by atoms with Gasteiger partial charge in [-0.25, -0.2) is 0 Å². The van der Waals surface area contributed by atoms with E-state index in [1.165, 1.54) is 19.2 Å². The van der Waals surface area contributed by atoms with Crippen LogP contribution in [0.4, 0.5) is 13.2 Å². The zero-order chi connectivity index (χ0) is 21.2. The van der Waals surface area contributed by atoms with Gasteiger partial charge < -0.3 is 14.5 Å². The van der Waals surface area contributed by atoms with Crippen molar-refractivity contribution >= 4 is 16.9 Å². The molecule has 0 saturated heterocycles. The van der Waals surface area contributed by atoms with Crippen LogP contribution in [0.5, 0.6) is 0 Å². The van der Waals surface area contributed by atoms with Crippen molar-refractivity contribution in [2.24, 2.45) is 0 Å². The number of nitrogens with one attached hydrogen (secondary N) is 1. The molecular weight excluding hydrogens is 385 g/mol. The minimum absolute atomic E-state index is 0.204. The molecular formula is C21H21F3N2O3. The van der Waals surface area contributed by atoms with Gasteiger partial charge >= 0.3 is 12.1 Å². The van der Waals surface area contributed by atoms with Gasteiger partial charge in [-0.15, -0.1) is 0 Å². The molecule has 3 rings (SSSR count). The van der Waals surface area contributed by atoms with Crippen LogP contribution < -0.4 is 5.48 Å². The maximum Gasteiger partial charge on any atom is 0.416 e. The number of carboxylic acid groups (broad SMARTS) is 1. The van der Waals surface area contributed by atoms with Gasteiger partial charge in [0.15, 0.2) is 0 Å². The van der Waals surface area contributed by atoms with Crippen LogP contribution in [0.2, 0.25) is 0 Å². The number of rotatable bonds is 7. The molecule has 1 heterocycles. The molecule has 0 aliphatic heterocycles. The molecule has 0 bridgehead atoms. The number of benzene rings is 2. The van der Waals surface area contributed by atoms with Gasteiger partial charge in [-0.05, 0) is 36.2 Å². The first-order chi connectivity index (χ1) is 13.7. The molecule has 2 N–H and O–H groups in total. The largest absolute Gasteiger partial charge is 0.480 e. The molecule has 0 fully saturated rings. The minimum atomic E-state index is -4.37. The van der Waals surface area contributed by atoms with Crippen LogP contribution in [-0.2, 0) is 28.8 Å². The quantitative estimate of drug-likeness (QED) is 0.579. The summed E-state index contributed by atoms with van der Waals surface area (Å²) in [6.07, 6.45) is -4.17. The Bertz CT molecular complexity index is 1010. The molecule has 154 valence electrons. The molecule has 0 radical (unpaired) electrons. The number of carbonyl (C=O) groups is 1. The first-order valence-corrected chi connectivity index (χ1v) is 8.96. The molecule has 0 amide bonds. The maximum absolute atomic E-state index is 12.8. The Morgan fingerprint density at radius 1 is 1.17 bits per heavy atom. The Labute approximate surface area is 165 Å². The normalized spacial score (nSPS) is 13.0. The van der Waals surface area contributed by atoms with E-state index in [4.69, 9.17) is 4.84 Å². The highest BCUT2D eigenvalue weighted by molar-refractivity contribution is 5.86. The molecule has 1 aromatic heterocycles. The van der Waals surface area contributed by atoms with Gasteiger partial charge in [-0.2, -0.15) is 18.7 Å². The van der Waals surface area contributed by atoms with Gasteiger partial charge in [0.25, 0.3) is 0 Å². The number of aromatic nitrogens is 1. The number of para-hydroxylation sites is 1. The lowest BCUT2D eigenvalue weighted by Gasteiger charge is -2.14. The second kappa shape index (κ2) is 8.26. The Balaban J connectivity index is 1.98. The van der Waals surface area contributed by atoms with Crippen molar-refractivity contribution in [3.05, 3.63) is 70.9 Å². The molecule has 1 unspecified atom stereocenters. The van der Waals surface area contributed by atoms with Crippen LogP contribution in [0.1, 0.15) is 22.4 Å². The first kappa shape index (κ1) is 20.9. The van der Waals surface area contributed by atoms with E-state index in [0.29, 0.717) is 6.54 Å². The van der Waals surface area contributed by atoms with E-state index in [-0.39, 0.29) is 6.42 Å². The smallest absolute Gasteiger partial charge is 0.416 e. The van der Waals surface area contributed by atoms with Crippen molar-refractivity contribution < 1.29 is 27.9 Å². The fraction of sp³-hybridized carbons (Fsp3) is 0.286. The molecule has 0 saturated carbocycles. The molecule has 0 spiro atoms. The highest BCUT2D eigenvalue weighted by atomic mass is 19.4. The Morgan fingerprint density at radius 2 is 1.83 bits per heavy atom. The molecule has 3 aromatic rings. The topological polar surface area (TPSA) is 63.5 Å². The Hall–Kier alpha value is -2.84. The van der Waals surface area contributed by atoms with Crippen molar-refractivity contribution in [2.75, 3.05) is 7.11 Å². The summed E-state index contributed by atoms with van der Waals surface area (Å²) >= 11 is 0. The number of halogens is 3. The molecule has 5 nitrogen and oxygen atoms in total. The van der Waals surface area contributed by atoms with Crippen LogP contribution in [0, 0.1) is 6.92 Å². The van der Waals surface area contributed by atoms with E-state index in [1.54, 1.807) is 0 Å². The van der Waals surface area contributed by atoms with E-state index in [1.807, 2.05) is 35.8 Å². The summed E-state index contributed by atoms with van der Waals surface area (Å²) in [5, 5.41) is 10.3. The molecule has 29 heavy (non-hydrogen) atoms. The molecule has 2 aromatic carbocycles. The van der Waals surface area contributed by atoms with Crippen LogP contribution in [0.3, 0.4) is 0 Å². The van der Waals surface area contributed by atoms with Crippen molar-refractivity contribution in [2.45, 2.75) is 32.1 Å². The average molecular weight is 406 g/mol. The number of carboxylic acids is 1. The van der Waals surface area contributed by atoms with Gasteiger partial charge in [0, 0.05) is 29.6 Å². The monoisotopic (exact) mass is 406 g/mol. The van der Waals surface area contributed by atoms with Gasteiger partial charge in [0.2, 0.25) is 0 Å². The van der Waals surface area contributed by atoms with E-state index >= 15 is 0 Å². The highest BCUT2D eigenvalue weighted by Gasteiger charge is 2.30. The van der Waals surface area contributed by atoms with Gasteiger partial charge in [0.05, 0.1) is 12.7 Å². The Morgan fingerprint density at radius 3 is 2.41 bits per heavy atom. The van der Waals surface area contributed by atoms with Gasteiger partial charge in [-0.3, -0.25) is 4.79 Å². The lowest BCUT2D eigenvalue weighted by molar-refractivity contribution is -0.143. The second-order valence-corrected chi connectivity index (χ2v) is 6.78. The average Bonchev–Trinajstić information content (AvgIpc) is 2.93. The second-order valence-electron chi connectivity index (χ2n) is 6.78. The lowest BCUT2D eigenvalue weighted by Crippen LogP contribution is -2.37. The predicted molar refractivity (Wildman–Crippen MR) is 102 cm³/mol.